The third-order valence-corrected chi connectivity index (χ3v) is 3.04. The molecule has 0 aromatic carbocycles. The average molecular weight is 215 g/mol. The number of carbonyl (C=O) groups excluding carboxylic acids is 1. The molecule has 0 aromatic heterocycles. The highest BCUT2D eigenvalue weighted by Crippen LogP contribution is 2.25. The van der Waals surface area contributed by atoms with Gasteiger partial charge in [0.1, 0.15) is 12.1 Å². The molecule has 1 aliphatic carbocycles. The van der Waals surface area contributed by atoms with Crippen molar-refractivity contribution in [1.29, 1.82) is 0 Å². The van der Waals surface area contributed by atoms with Crippen molar-refractivity contribution >= 4 is 5.97 Å². The normalized spacial score (nSPS) is 30.7. The number of carbonyl (C=O) groups is 1. The van der Waals surface area contributed by atoms with Crippen LogP contribution in [0.4, 0.5) is 0 Å². The van der Waals surface area contributed by atoms with Crippen molar-refractivity contribution < 1.29 is 14.6 Å². The molecule has 4 heteroatoms. The van der Waals surface area contributed by atoms with Crippen LogP contribution in [0.5, 0.6) is 0 Å². The highest BCUT2D eigenvalue weighted by Gasteiger charge is 2.26. The molecule has 88 valence electrons. The van der Waals surface area contributed by atoms with E-state index in [2.05, 4.69) is 6.92 Å². The van der Waals surface area contributed by atoms with Crippen molar-refractivity contribution in [1.82, 2.24) is 0 Å². The van der Waals surface area contributed by atoms with Gasteiger partial charge in [-0.1, -0.05) is 6.92 Å². The number of hydrogen-bond acceptors (Lipinski definition) is 4. The van der Waals surface area contributed by atoms with Crippen LogP contribution in [-0.4, -0.2) is 29.3 Å². The molecule has 0 saturated heterocycles. The summed E-state index contributed by atoms with van der Waals surface area (Å²) in [5, 5.41) is 9.14. The molecule has 1 aliphatic rings. The van der Waals surface area contributed by atoms with E-state index in [0.29, 0.717) is 0 Å². The Balaban J connectivity index is 2.32. The van der Waals surface area contributed by atoms with Crippen LogP contribution in [0.1, 0.15) is 39.5 Å². The van der Waals surface area contributed by atoms with Crippen LogP contribution in [0.3, 0.4) is 0 Å². The molecule has 2 unspecified atom stereocenters. The quantitative estimate of drug-likeness (QED) is 0.683. The first-order valence-corrected chi connectivity index (χ1v) is 5.65. The van der Waals surface area contributed by atoms with Crippen LogP contribution < -0.4 is 5.73 Å². The van der Waals surface area contributed by atoms with Crippen molar-refractivity contribution in [2.75, 3.05) is 0 Å². The second kappa shape index (κ2) is 5.47. The maximum atomic E-state index is 11.4. The van der Waals surface area contributed by atoms with E-state index in [9.17, 15) is 4.79 Å². The van der Waals surface area contributed by atoms with Crippen LogP contribution in [0, 0.1) is 5.92 Å². The fraction of sp³-hybridized carbons (Fsp3) is 0.909. The second-order valence-electron chi connectivity index (χ2n) is 4.59. The summed E-state index contributed by atoms with van der Waals surface area (Å²) in [5.74, 6) is 0.245. The van der Waals surface area contributed by atoms with Crippen molar-refractivity contribution in [3.05, 3.63) is 0 Å². The number of rotatable bonds is 3. The maximum absolute atomic E-state index is 11.4. The molecule has 0 aliphatic heterocycles. The monoisotopic (exact) mass is 215 g/mol. The zero-order chi connectivity index (χ0) is 11.4. The molecule has 15 heavy (non-hydrogen) atoms. The lowest BCUT2D eigenvalue weighted by Crippen LogP contribution is -2.43. The third kappa shape index (κ3) is 3.80. The predicted octanol–water partition coefficient (Wildman–Crippen LogP) is 0.816. The van der Waals surface area contributed by atoms with Gasteiger partial charge >= 0.3 is 5.97 Å². The van der Waals surface area contributed by atoms with Gasteiger partial charge in [-0.3, -0.25) is 4.79 Å². The van der Waals surface area contributed by atoms with Gasteiger partial charge in [0, 0.05) is 0 Å². The molecule has 0 spiro atoms. The summed E-state index contributed by atoms with van der Waals surface area (Å²) in [6.07, 6.45) is 3.18. The molecule has 3 N–H and O–H groups in total. The number of nitrogens with two attached hydrogens (primary N) is 1. The Morgan fingerprint density at radius 3 is 2.40 bits per heavy atom. The van der Waals surface area contributed by atoms with E-state index in [1.54, 1.807) is 0 Å². The second-order valence-corrected chi connectivity index (χ2v) is 4.59. The van der Waals surface area contributed by atoms with Crippen LogP contribution in [0.2, 0.25) is 0 Å². The Kier molecular flexibility index (Phi) is 4.54. The molecule has 0 aromatic rings. The van der Waals surface area contributed by atoms with Crippen molar-refractivity contribution in [3.63, 3.8) is 0 Å². The predicted molar refractivity (Wildman–Crippen MR) is 57.2 cm³/mol. The molecule has 1 rings (SSSR count). The highest BCUT2D eigenvalue weighted by molar-refractivity contribution is 5.76. The van der Waals surface area contributed by atoms with Crippen molar-refractivity contribution in [3.8, 4) is 0 Å². The Bertz CT molecular complexity index is 210. The van der Waals surface area contributed by atoms with Gasteiger partial charge in [-0.05, 0) is 38.5 Å². The number of aliphatic hydroxyl groups excluding tert-OH is 1. The zero-order valence-electron chi connectivity index (χ0n) is 9.48. The maximum Gasteiger partial charge on any atom is 0.325 e. The van der Waals surface area contributed by atoms with Crippen molar-refractivity contribution in [2.45, 2.75) is 57.8 Å². The van der Waals surface area contributed by atoms with Gasteiger partial charge in [-0.2, -0.15) is 0 Å². The molecule has 4 nitrogen and oxygen atoms in total. The van der Waals surface area contributed by atoms with Crippen LogP contribution >= 0.6 is 0 Å². The van der Waals surface area contributed by atoms with E-state index < -0.39 is 18.1 Å². The lowest BCUT2D eigenvalue weighted by molar-refractivity contribution is -0.155. The third-order valence-electron chi connectivity index (χ3n) is 3.04. The summed E-state index contributed by atoms with van der Waals surface area (Å²) >= 11 is 0. The van der Waals surface area contributed by atoms with Gasteiger partial charge in [0.15, 0.2) is 0 Å². The van der Waals surface area contributed by atoms with E-state index in [-0.39, 0.29) is 6.10 Å². The molecule has 0 radical (unpaired) electrons. The number of hydrogen-bond donors (Lipinski definition) is 2. The van der Waals surface area contributed by atoms with E-state index in [1.807, 2.05) is 0 Å². The molecule has 2 atom stereocenters. The summed E-state index contributed by atoms with van der Waals surface area (Å²) in [6.45, 7) is 3.70. The van der Waals surface area contributed by atoms with E-state index in [4.69, 9.17) is 15.6 Å². The minimum absolute atomic E-state index is 0.00139. The summed E-state index contributed by atoms with van der Waals surface area (Å²) in [5.41, 5.74) is 5.48. The smallest absolute Gasteiger partial charge is 0.325 e. The van der Waals surface area contributed by atoms with Crippen LogP contribution in [0.15, 0.2) is 0 Å². The lowest BCUT2D eigenvalue weighted by Gasteiger charge is -2.27. The van der Waals surface area contributed by atoms with Crippen molar-refractivity contribution in [2.24, 2.45) is 11.7 Å². The number of esters is 1. The summed E-state index contributed by atoms with van der Waals surface area (Å²) in [7, 11) is 0. The van der Waals surface area contributed by atoms with Crippen LogP contribution in [0.25, 0.3) is 0 Å². The number of ether oxygens (including phenoxy) is 1. The Morgan fingerprint density at radius 2 is 1.93 bits per heavy atom. The number of aliphatic hydroxyl groups is 1. The summed E-state index contributed by atoms with van der Waals surface area (Å²) in [4.78, 5) is 11.4. The highest BCUT2D eigenvalue weighted by atomic mass is 16.5. The van der Waals surface area contributed by atoms with Gasteiger partial charge < -0.3 is 15.6 Å². The van der Waals surface area contributed by atoms with E-state index in [0.717, 1.165) is 31.6 Å². The average Bonchev–Trinajstić information content (AvgIpc) is 2.20. The van der Waals surface area contributed by atoms with Gasteiger partial charge in [-0.15, -0.1) is 0 Å². The molecular weight excluding hydrogens is 194 g/mol. The zero-order valence-corrected chi connectivity index (χ0v) is 9.48. The summed E-state index contributed by atoms with van der Waals surface area (Å²) in [6, 6.07) is -0.913. The molecule has 0 bridgehead atoms. The fourth-order valence-electron chi connectivity index (χ4n) is 1.79. The Labute approximate surface area is 90.8 Å². The van der Waals surface area contributed by atoms with Crippen LogP contribution in [-0.2, 0) is 9.53 Å². The first-order chi connectivity index (χ1) is 7.00. The molecule has 1 fully saturated rings. The van der Waals surface area contributed by atoms with E-state index in [1.165, 1.54) is 6.92 Å². The molecule has 0 amide bonds. The first kappa shape index (κ1) is 12.5. The molecule has 0 heterocycles. The molecular formula is C11H21NO3. The van der Waals surface area contributed by atoms with Gasteiger partial charge in [0.25, 0.3) is 0 Å². The van der Waals surface area contributed by atoms with Gasteiger partial charge in [-0.25, -0.2) is 0 Å². The van der Waals surface area contributed by atoms with Gasteiger partial charge in [0.2, 0.25) is 0 Å². The topological polar surface area (TPSA) is 72.5 Å². The standard InChI is InChI=1S/C11H21NO3/c1-7-3-5-9(6-4-7)15-11(14)10(12)8(2)13/h7-10,13H,3-6,12H2,1-2H3. The fourth-order valence-corrected chi connectivity index (χ4v) is 1.79. The summed E-state index contributed by atoms with van der Waals surface area (Å²) < 4.78 is 5.24. The SMILES string of the molecule is CC1CCC(OC(=O)C(N)C(C)O)CC1. The minimum atomic E-state index is -0.913. The first-order valence-electron chi connectivity index (χ1n) is 5.65. The largest absolute Gasteiger partial charge is 0.461 e. The minimum Gasteiger partial charge on any atom is -0.461 e. The Hall–Kier alpha value is -0.610. The molecule has 1 saturated carbocycles. The van der Waals surface area contributed by atoms with E-state index >= 15 is 0 Å². The lowest BCUT2D eigenvalue weighted by atomic mass is 9.89. The Morgan fingerprint density at radius 1 is 1.40 bits per heavy atom. The van der Waals surface area contributed by atoms with Gasteiger partial charge in [0.05, 0.1) is 6.10 Å².